The van der Waals surface area contributed by atoms with Crippen LogP contribution in [0.15, 0.2) is 23.6 Å². The van der Waals surface area contributed by atoms with Crippen LogP contribution in [0.3, 0.4) is 0 Å². The standard InChI is InChI=1S/C12H12N2O3S/c1-17-8-2-3-9(7(4-8)5-15)10-6-18-12(14-10)11(13)16/h2-4,6,15H,5H2,1H3,(H2,13,16). The summed E-state index contributed by atoms with van der Waals surface area (Å²) >= 11 is 1.18. The maximum Gasteiger partial charge on any atom is 0.277 e. The lowest BCUT2D eigenvalue weighted by Gasteiger charge is -2.07. The van der Waals surface area contributed by atoms with Crippen LogP contribution in [0.2, 0.25) is 0 Å². The van der Waals surface area contributed by atoms with Crippen molar-refractivity contribution in [1.29, 1.82) is 0 Å². The number of methoxy groups -OCH3 is 1. The Morgan fingerprint density at radius 2 is 2.33 bits per heavy atom. The molecule has 5 nitrogen and oxygen atoms in total. The lowest BCUT2D eigenvalue weighted by atomic mass is 10.1. The summed E-state index contributed by atoms with van der Waals surface area (Å²) in [4.78, 5) is 15.1. The van der Waals surface area contributed by atoms with E-state index in [1.54, 1.807) is 30.7 Å². The maximum atomic E-state index is 11.0. The highest BCUT2D eigenvalue weighted by Crippen LogP contribution is 2.28. The minimum atomic E-state index is -0.551. The van der Waals surface area contributed by atoms with Gasteiger partial charge in [-0.3, -0.25) is 4.79 Å². The summed E-state index contributed by atoms with van der Waals surface area (Å²) in [6, 6.07) is 5.31. The molecule has 0 aliphatic heterocycles. The highest BCUT2D eigenvalue weighted by Gasteiger charge is 2.12. The fraction of sp³-hybridized carbons (Fsp3) is 0.167. The fourth-order valence-electron chi connectivity index (χ4n) is 1.59. The zero-order valence-electron chi connectivity index (χ0n) is 9.71. The molecule has 0 fully saturated rings. The van der Waals surface area contributed by atoms with Crippen LogP contribution < -0.4 is 10.5 Å². The molecule has 0 aliphatic rings. The molecule has 18 heavy (non-hydrogen) atoms. The van der Waals surface area contributed by atoms with Crippen molar-refractivity contribution in [2.75, 3.05) is 7.11 Å². The summed E-state index contributed by atoms with van der Waals surface area (Å²) in [7, 11) is 1.56. The number of rotatable bonds is 4. The summed E-state index contributed by atoms with van der Waals surface area (Å²) in [5.74, 6) is 0.110. The number of thiazole rings is 1. The first-order valence-electron chi connectivity index (χ1n) is 5.19. The van der Waals surface area contributed by atoms with Gasteiger partial charge in [-0.15, -0.1) is 11.3 Å². The zero-order valence-corrected chi connectivity index (χ0v) is 10.5. The number of aliphatic hydroxyl groups is 1. The molecule has 94 valence electrons. The number of hydrogen-bond donors (Lipinski definition) is 2. The number of hydrogen-bond acceptors (Lipinski definition) is 5. The van der Waals surface area contributed by atoms with Gasteiger partial charge in [0.15, 0.2) is 5.01 Å². The van der Waals surface area contributed by atoms with Gasteiger partial charge in [0, 0.05) is 10.9 Å². The predicted molar refractivity (Wildman–Crippen MR) is 68.5 cm³/mol. The first kappa shape index (κ1) is 12.5. The SMILES string of the molecule is COc1ccc(-c2csc(C(N)=O)n2)c(CO)c1. The van der Waals surface area contributed by atoms with E-state index < -0.39 is 5.91 Å². The summed E-state index contributed by atoms with van der Waals surface area (Å²) in [5.41, 5.74) is 7.24. The van der Waals surface area contributed by atoms with E-state index in [2.05, 4.69) is 4.98 Å². The van der Waals surface area contributed by atoms with Crippen LogP contribution in [0, 0.1) is 0 Å². The largest absolute Gasteiger partial charge is 0.497 e. The number of aromatic nitrogens is 1. The number of carbonyl (C=O) groups is 1. The lowest BCUT2D eigenvalue weighted by Crippen LogP contribution is -2.10. The Bertz CT molecular complexity index is 580. The number of nitrogens with two attached hydrogens (primary N) is 1. The first-order chi connectivity index (χ1) is 8.65. The molecule has 0 saturated heterocycles. The van der Waals surface area contributed by atoms with Crippen molar-refractivity contribution in [3.05, 3.63) is 34.2 Å². The van der Waals surface area contributed by atoms with Crippen molar-refractivity contribution in [2.45, 2.75) is 6.61 Å². The molecule has 6 heteroatoms. The van der Waals surface area contributed by atoms with E-state index >= 15 is 0 Å². The second kappa shape index (κ2) is 5.16. The monoisotopic (exact) mass is 264 g/mol. The molecule has 1 amide bonds. The van der Waals surface area contributed by atoms with E-state index in [9.17, 15) is 9.90 Å². The van der Waals surface area contributed by atoms with Crippen molar-refractivity contribution >= 4 is 17.2 Å². The molecule has 0 atom stereocenters. The second-order valence-electron chi connectivity index (χ2n) is 3.58. The van der Waals surface area contributed by atoms with Crippen molar-refractivity contribution in [3.8, 4) is 17.0 Å². The van der Waals surface area contributed by atoms with Crippen molar-refractivity contribution in [3.63, 3.8) is 0 Å². The molecule has 1 heterocycles. The third-order valence-corrected chi connectivity index (χ3v) is 3.33. The number of nitrogens with zero attached hydrogens (tertiary/aromatic N) is 1. The number of benzene rings is 1. The number of aliphatic hydroxyl groups excluding tert-OH is 1. The molecular formula is C12H12N2O3S. The van der Waals surface area contributed by atoms with Gasteiger partial charge in [0.2, 0.25) is 0 Å². The van der Waals surface area contributed by atoms with Crippen molar-refractivity contribution < 1.29 is 14.6 Å². The third kappa shape index (κ3) is 2.34. The van der Waals surface area contributed by atoms with Gasteiger partial charge in [-0.1, -0.05) is 0 Å². The molecule has 0 spiro atoms. The van der Waals surface area contributed by atoms with Crippen LogP contribution >= 0.6 is 11.3 Å². The molecule has 2 aromatic rings. The minimum Gasteiger partial charge on any atom is -0.497 e. The van der Waals surface area contributed by atoms with Crippen LogP contribution in [-0.4, -0.2) is 23.1 Å². The van der Waals surface area contributed by atoms with E-state index in [4.69, 9.17) is 10.5 Å². The second-order valence-corrected chi connectivity index (χ2v) is 4.44. The van der Waals surface area contributed by atoms with Gasteiger partial charge in [-0.25, -0.2) is 4.98 Å². The van der Waals surface area contributed by atoms with Crippen LogP contribution in [0.1, 0.15) is 15.4 Å². The van der Waals surface area contributed by atoms with Gasteiger partial charge in [0.25, 0.3) is 5.91 Å². The Hall–Kier alpha value is -1.92. The molecule has 3 N–H and O–H groups in total. The van der Waals surface area contributed by atoms with Crippen LogP contribution in [0.25, 0.3) is 11.3 Å². The van der Waals surface area contributed by atoms with E-state index in [1.165, 1.54) is 11.3 Å². The molecule has 0 unspecified atom stereocenters. The fourth-order valence-corrected chi connectivity index (χ4v) is 2.26. The summed E-state index contributed by atoms with van der Waals surface area (Å²) < 4.78 is 5.09. The van der Waals surface area contributed by atoms with Gasteiger partial charge < -0.3 is 15.6 Å². The molecule has 0 radical (unpaired) electrons. The summed E-state index contributed by atoms with van der Waals surface area (Å²) in [6.07, 6.45) is 0. The van der Waals surface area contributed by atoms with Gasteiger partial charge in [0.1, 0.15) is 5.75 Å². The van der Waals surface area contributed by atoms with Gasteiger partial charge in [0.05, 0.1) is 19.4 Å². The number of carbonyl (C=O) groups excluding carboxylic acids is 1. The predicted octanol–water partition coefficient (Wildman–Crippen LogP) is 1.41. The van der Waals surface area contributed by atoms with E-state index in [0.29, 0.717) is 17.0 Å². The van der Waals surface area contributed by atoms with Crippen molar-refractivity contribution in [2.24, 2.45) is 5.73 Å². The normalized spacial score (nSPS) is 10.3. The molecule has 0 saturated carbocycles. The Kier molecular flexibility index (Phi) is 3.59. The average molecular weight is 264 g/mol. The van der Waals surface area contributed by atoms with Gasteiger partial charge >= 0.3 is 0 Å². The third-order valence-electron chi connectivity index (χ3n) is 2.47. The maximum absolute atomic E-state index is 11.0. The smallest absolute Gasteiger partial charge is 0.277 e. The zero-order chi connectivity index (χ0) is 13.1. The number of primary amides is 1. The van der Waals surface area contributed by atoms with Crippen LogP contribution in [0.5, 0.6) is 5.75 Å². The summed E-state index contributed by atoms with van der Waals surface area (Å²) in [5, 5.41) is 11.3. The number of amides is 1. The highest BCUT2D eigenvalue weighted by atomic mass is 32.1. The molecular weight excluding hydrogens is 252 g/mol. The van der Waals surface area contributed by atoms with Gasteiger partial charge in [-0.2, -0.15) is 0 Å². The van der Waals surface area contributed by atoms with E-state index in [0.717, 1.165) is 5.56 Å². The first-order valence-corrected chi connectivity index (χ1v) is 6.07. The molecule has 2 rings (SSSR count). The van der Waals surface area contributed by atoms with E-state index in [-0.39, 0.29) is 11.6 Å². The quantitative estimate of drug-likeness (QED) is 0.874. The minimum absolute atomic E-state index is 0.129. The topological polar surface area (TPSA) is 85.4 Å². The van der Waals surface area contributed by atoms with Gasteiger partial charge in [-0.05, 0) is 23.8 Å². The van der Waals surface area contributed by atoms with E-state index in [1.807, 2.05) is 0 Å². The molecule has 1 aromatic heterocycles. The molecule has 0 bridgehead atoms. The summed E-state index contributed by atoms with van der Waals surface area (Å²) in [6.45, 7) is -0.129. The van der Waals surface area contributed by atoms with Crippen LogP contribution in [-0.2, 0) is 6.61 Å². The number of ether oxygens (including phenoxy) is 1. The Morgan fingerprint density at radius 3 is 2.89 bits per heavy atom. The Balaban J connectivity index is 2.45. The Labute approximate surface area is 108 Å². The molecule has 0 aliphatic carbocycles. The lowest BCUT2D eigenvalue weighted by molar-refractivity contribution is 0.1000. The highest BCUT2D eigenvalue weighted by molar-refractivity contribution is 7.12. The van der Waals surface area contributed by atoms with Crippen molar-refractivity contribution in [1.82, 2.24) is 4.98 Å². The molecule has 1 aromatic carbocycles. The van der Waals surface area contributed by atoms with Crippen LogP contribution in [0.4, 0.5) is 0 Å². The Morgan fingerprint density at radius 1 is 1.56 bits per heavy atom. The average Bonchev–Trinajstić information content (AvgIpc) is 2.87.